The molecule has 0 spiro atoms. The molecule has 0 amide bonds. The highest BCUT2D eigenvalue weighted by Crippen LogP contribution is 2.28. The fourth-order valence-electron chi connectivity index (χ4n) is 1.36. The maximum Gasteiger partial charge on any atom is 0.336 e. The fraction of sp³-hybridized carbons (Fsp3) is 0. The highest BCUT2D eigenvalue weighted by atomic mass is 35.5. The van der Waals surface area contributed by atoms with Crippen molar-refractivity contribution in [1.82, 2.24) is 0 Å². The standard InChI is InChI=1S/C11H7ClO2S/c12-8-1-2-9(11(13)14)10(5-8)7-3-4-15-6-7/h1-6H,(H,13,14). The Morgan fingerprint density at radius 2 is 2.13 bits per heavy atom. The van der Waals surface area contributed by atoms with Gasteiger partial charge in [-0.3, -0.25) is 0 Å². The molecular weight excluding hydrogens is 232 g/mol. The van der Waals surface area contributed by atoms with Crippen LogP contribution < -0.4 is 0 Å². The minimum Gasteiger partial charge on any atom is -0.478 e. The van der Waals surface area contributed by atoms with E-state index in [1.165, 1.54) is 17.4 Å². The van der Waals surface area contributed by atoms with Crippen LogP contribution in [-0.4, -0.2) is 11.1 Å². The van der Waals surface area contributed by atoms with Crippen LogP contribution in [0.3, 0.4) is 0 Å². The Morgan fingerprint density at radius 1 is 1.33 bits per heavy atom. The summed E-state index contributed by atoms with van der Waals surface area (Å²) in [6.07, 6.45) is 0. The Morgan fingerprint density at radius 3 is 2.73 bits per heavy atom. The maximum atomic E-state index is 11.0. The quantitative estimate of drug-likeness (QED) is 0.865. The van der Waals surface area contributed by atoms with Gasteiger partial charge >= 0.3 is 5.97 Å². The third kappa shape index (κ3) is 2.03. The Labute approximate surface area is 95.8 Å². The number of rotatable bonds is 2. The van der Waals surface area contributed by atoms with Gasteiger partial charge in [-0.1, -0.05) is 11.6 Å². The van der Waals surface area contributed by atoms with Crippen molar-refractivity contribution in [3.8, 4) is 11.1 Å². The molecule has 4 heteroatoms. The molecule has 2 aromatic rings. The number of benzene rings is 1. The SMILES string of the molecule is O=C(O)c1ccc(Cl)cc1-c1ccsc1. The predicted octanol–water partition coefficient (Wildman–Crippen LogP) is 3.77. The van der Waals surface area contributed by atoms with Gasteiger partial charge in [-0.2, -0.15) is 11.3 Å². The van der Waals surface area contributed by atoms with Gasteiger partial charge in [0.25, 0.3) is 0 Å². The van der Waals surface area contributed by atoms with E-state index < -0.39 is 5.97 Å². The second-order valence-corrected chi connectivity index (χ2v) is 4.22. The Balaban J connectivity index is 2.63. The highest BCUT2D eigenvalue weighted by molar-refractivity contribution is 7.08. The predicted molar refractivity (Wildman–Crippen MR) is 61.7 cm³/mol. The molecule has 1 aromatic heterocycles. The molecule has 1 heterocycles. The van der Waals surface area contributed by atoms with Crippen LogP contribution >= 0.6 is 22.9 Å². The van der Waals surface area contributed by atoms with Gasteiger partial charge in [0, 0.05) is 5.02 Å². The molecule has 0 saturated carbocycles. The number of thiophene rings is 1. The van der Waals surface area contributed by atoms with Crippen molar-refractivity contribution in [1.29, 1.82) is 0 Å². The number of hydrogen-bond acceptors (Lipinski definition) is 2. The van der Waals surface area contributed by atoms with E-state index in [1.807, 2.05) is 16.8 Å². The highest BCUT2D eigenvalue weighted by Gasteiger charge is 2.12. The largest absolute Gasteiger partial charge is 0.478 e. The minimum absolute atomic E-state index is 0.276. The Kier molecular flexibility index (Phi) is 2.75. The number of hydrogen-bond donors (Lipinski definition) is 1. The van der Waals surface area contributed by atoms with Crippen molar-refractivity contribution >= 4 is 28.9 Å². The Bertz CT molecular complexity index is 491. The molecule has 2 nitrogen and oxygen atoms in total. The number of carboxylic acid groups (broad SMARTS) is 1. The van der Waals surface area contributed by atoms with E-state index in [0.717, 1.165) is 5.56 Å². The zero-order valence-corrected chi connectivity index (χ0v) is 9.18. The van der Waals surface area contributed by atoms with Crippen LogP contribution in [0.15, 0.2) is 35.0 Å². The Hall–Kier alpha value is -1.32. The van der Waals surface area contributed by atoms with Crippen LogP contribution in [0.2, 0.25) is 5.02 Å². The average molecular weight is 239 g/mol. The molecule has 1 aromatic carbocycles. The topological polar surface area (TPSA) is 37.3 Å². The molecule has 1 N–H and O–H groups in total. The first-order chi connectivity index (χ1) is 7.18. The van der Waals surface area contributed by atoms with Gasteiger partial charge in [-0.25, -0.2) is 4.79 Å². The summed E-state index contributed by atoms with van der Waals surface area (Å²) in [5, 5.41) is 13.4. The third-order valence-corrected chi connectivity index (χ3v) is 2.96. The lowest BCUT2D eigenvalue weighted by atomic mass is 10.0. The summed E-state index contributed by atoms with van der Waals surface area (Å²) >= 11 is 7.37. The number of halogens is 1. The summed E-state index contributed by atoms with van der Waals surface area (Å²) in [7, 11) is 0. The van der Waals surface area contributed by atoms with E-state index in [9.17, 15) is 4.79 Å². The third-order valence-electron chi connectivity index (χ3n) is 2.04. The normalized spacial score (nSPS) is 10.2. The molecule has 0 bridgehead atoms. The molecule has 0 fully saturated rings. The van der Waals surface area contributed by atoms with Crippen LogP contribution in [0.25, 0.3) is 11.1 Å². The molecule has 0 atom stereocenters. The van der Waals surface area contributed by atoms with Crippen molar-refractivity contribution < 1.29 is 9.90 Å². The zero-order valence-electron chi connectivity index (χ0n) is 7.61. The van der Waals surface area contributed by atoms with Crippen LogP contribution in [-0.2, 0) is 0 Å². The van der Waals surface area contributed by atoms with Crippen LogP contribution in [0, 0.1) is 0 Å². The summed E-state index contributed by atoms with van der Waals surface area (Å²) in [6, 6.07) is 6.66. The maximum absolute atomic E-state index is 11.0. The van der Waals surface area contributed by atoms with Gasteiger partial charge in [0.2, 0.25) is 0 Å². The molecule has 0 unspecified atom stereocenters. The summed E-state index contributed by atoms with van der Waals surface area (Å²) in [5.41, 5.74) is 1.83. The van der Waals surface area contributed by atoms with Crippen LogP contribution in [0.4, 0.5) is 0 Å². The number of aromatic carboxylic acids is 1. The van der Waals surface area contributed by atoms with E-state index in [2.05, 4.69) is 0 Å². The van der Waals surface area contributed by atoms with Gasteiger partial charge in [0.15, 0.2) is 0 Å². The first kappa shape index (κ1) is 10.2. The van der Waals surface area contributed by atoms with Crippen LogP contribution in [0.5, 0.6) is 0 Å². The summed E-state index contributed by atoms with van der Waals surface area (Å²) in [6.45, 7) is 0. The van der Waals surface area contributed by atoms with E-state index >= 15 is 0 Å². The lowest BCUT2D eigenvalue weighted by Crippen LogP contribution is -1.98. The molecule has 0 saturated heterocycles. The molecule has 0 aliphatic carbocycles. The number of carbonyl (C=O) groups is 1. The molecule has 0 aliphatic heterocycles. The van der Waals surface area contributed by atoms with Gasteiger partial charge in [-0.05, 0) is 46.2 Å². The van der Waals surface area contributed by atoms with E-state index in [1.54, 1.807) is 12.1 Å². The van der Waals surface area contributed by atoms with Gasteiger partial charge in [-0.15, -0.1) is 0 Å². The van der Waals surface area contributed by atoms with Crippen molar-refractivity contribution in [3.63, 3.8) is 0 Å². The van der Waals surface area contributed by atoms with Crippen molar-refractivity contribution in [2.24, 2.45) is 0 Å². The minimum atomic E-state index is -0.937. The molecule has 0 aliphatic rings. The number of carboxylic acids is 1. The smallest absolute Gasteiger partial charge is 0.336 e. The van der Waals surface area contributed by atoms with Gasteiger partial charge < -0.3 is 5.11 Å². The summed E-state index contributed by atoms with van der Waals surface area (Å²) in [5.74, 6) is -0.937. The first-order valence-corrected chi connectivity index (χ1v) is 5.56. The molecule has 0 radical (unpaired) electrons. The average Bonchev–Trinajstić information content (AvgIpc) is 2.69. The molecule has 76 valence electrons. The monoisotopic (exact) mass is 238 g/mol. The lowest BCUT2D eigenvalue weighted by molar-refractivity contribution is 0.0698. The van der Waals surface area contributed by atoms with E-state index in [-0.39, 0.29) is 5.56 Å². The van der Waals surface area contributed by atoms with Crippen LogP contribution in [0.1, 0.15) is 10.4 Å². The van der Waals surface area contributed by atoms with Crippen molar-refractivity contribution in [2.75, 3.05) is 0 Å². The van der Waals surface area contributed by atoms with Gasteiger partial charge in [0.05, 0.1) is 5.56 Å². The fourth-order valence-corrected chi connectivity index (χ4v) is 2.19. The first-order valence-electron chi connectivity index (χ1n) is 4.24. The van der Waals surface area contributed by atoms with E-state index in [4.69, 9.17) is 16.7 Å². The second-order valence-electron chi connectivity index (χ2n) is 3.01. The lowest BCUT2D eigenvalue weighted by Gasteiger charge is -2.04. The molecule has 15 heavy (non-hydrogen) atoms. The second kappa shape index (κ2) is 4.04. The summed E-state index contributed by atoms with van der Waals surface area (Å²) in [4.78, 5) is 11.0. The van der Waals surface area contributed by atoms with Gasteiger partial charge in [0.1, 0.15) is 0 Å². The zero-order chi connectivity index (χ0) is 10.8. The molecule has 2 rings (SSSR count). The summed E-state index contributed by atoms with van der Waals surface area (Å²) < 4.78 is 0. The van der Waals surface area contributed by atoms with Crippen molar-refractivity contribution in [2.45, 2.75) is 0 Å². The molecular formula is C11H7ClO2S. The van der Waals surface area contributed by atoms with E-state index in [0.29, 0.717) is 10.6 Å². The van der Waals surface area contributed by atoms with Crippen molar-refractivity contribution in [3.05, 3.63) is 45.6 Å².